The lowest BCUT2D eigenvalue weighted by molar-refractivity contribution is -0.146. The van der Waals surface area contributed by atoms with Crippen molar-refractivity contribution in [1.82, 2.24) is 19.9 Å². The fourth-order valence-corrected chi connectivity index (χ4v) is 5.45. The van der Waals surface area contributed by atoms with E-state index < -0.39 is 70.4 Å². The average molecular weight is 593 g/mol. The van der Waals surface area contributed by atoms with E-state index >= 15 is 8.78 Å². The summed E-state index contributed by atoms with van der Waals surface area (Å²) in [6, 6.07) is 4.26. The van der Waals surface area contributed by atoms with E-state index in [-0.39, 0.29) is 11.3 Å². The predicted molar refractivity (Wildman–Crippen MR) is 146 cm³/mol. The highest BCUT2D eigenvalue weighted by molar-refractivity contribution is 7.90. The summed E-state index contributed by atoms with van der Waals surface area (Å²) >= 11 is -1.86. The number of aryl methyl sites for hydroxylation is 1. The Kier molecular flexibility index (Phi) is 9.62. The SMILES string of the molecule is Cc1ccc(Oc2ccc(F)c([C@H](N[S+]([O-])C(C)(C)C)[C@@H](F)CC3C(=O)NC(=O)N(C4CCOCC4)C3=O)c2)cn1. The maximum Gasteiger partial charge on any atom is 0.331 e. The van der Waals surface area contributed by atoms with Gasteiger partial charge in [-0.2, -0.15) is 0 Å². The molecule has 2 saturated heterocycles. The molecule has 2 N–H and O–H groups in total. The second-order valence-electron chi connectivity index (χ2n) is 11.0. The smallest absolute Gasteiger partial charge is 0.331 e. The van der Waals surface area contributed by atoms with Crippen LogP contribution in [-0.2, 0) is 25.7 Å². The first-order valence-electron chi connectivity index (χ1n) is 13.3. The Labute approximate surface area is 240 Å². The van der Waals surface area contributed by atoms with Gasteiger partial charge in [0.1, 0.15) is 40.2 Å². The van der Waals surface area contributed by atoms with Gasteiger partial charge >= 0.3 is 6.03 Å². The molecule has 0 bridgehead atoms. The molecule has 0 spiro atoms. The van der Waals surface area contributed by atoms with Crippen LogP contribution in [-0.4, -0.2) is 62.5 Å². The Morgan fingerprint density at radius 3 is 2.51 bits per heavy atom. The molecule has 2 fully saturated rings. The van der Waals surface area contributed by atoms with Crippen molar-refractivity contribution in [1.29, 1.82) is 0 Å². The molecule has 2 aromatic rings. The van der Waals surface area contributed by atoms with Crippen molar-refractivity contribution < 1.29 is 37.2 Å². The third-order valence-electron chi connectivity index (χ3n) is 6.89. The molecule has 4 amide bonds. The molecule has 13 heteroatoms. The summed E-state index contributed by atoms with van der Waals surface area (Å²) in [5, 5.41) is 2.15. The molecule has 1 aromatic carbocycles. The number of aromatic nitrogens is 1. The largest absolute Gasteiger partial charge is 0.598 e. The van der Waals surface area contributed by atoms with Gasteiger partial charge in [-0.15, -0.1) is 4.72 Å². The number of hydrogen-bond acceptors (Lipinski definition) is 8. The van der Waals surface area contributed by atoms with Crippen LogP contribution in [0.3, 0.4) is 0 Å². The van der Waals surface area contributed by atoms with E-state index in [0.717, 1.165) is 16.7 Å². The van der Waals surface area contributed by atoms with Gasteiger partial charge in [0.25, 0.3) is 0 Å². The number of ether oxygens (including phenoxy) is 2. The highest BCUT2D eigenvalue weighted by atomic mass is 32.2. The van der Waals surface area contributed by atoms with Crippen LogP contribution < -0.4 is 14.8 Å². The molecular weight excluding hydrogens is 558 g/mol. The van der Waals surface area contributed by atoms with Gasteiger partial charge in [-0.05, 0) is 70.9 Å². The van der Waals surface area contributed by atoms with Crippen molar-refractivity contribution in [2.45, 2.75) is 70.0 Å². The number of amides is 4. The second kappa shape index (κ2) is 12.8. The van der Waals surface area contributed by atoms with E-state index in [4.69, 9.17) is 9.47 Å². The quantitative estimate of drug-likeness (QED) is 0.330. The van der Waals surface area contributed by atoms with Crippen LogP contribution in [0.1, 0.15) is 57.3 Å². The number of rotatable bonds is 9. The molecule has 1 aromatic heterocycles. The zero-order valence-corrected chi connectivity index (χ0v) is 24.1. The van der Waals surface area contributed by atoms with E-state index in [1.165, 1.54) is 18.3 Å². The third-order valence-corrected chi connectivity index (χ3v) is 8.47. The number of carbonyl (C=O) groups excluding carboxylic acids is 3. The molecule has 0 saturated carbocycles. The van der Waals surface area contributed by atoms with Gasteiger partial charge in [-0.1, -0.05) is 0 Å². The summed E-state index contributed by atoms with van der Waals surface area (Å²) in [5.41, 5.74) is 0.568. The molecule has 4 rings (SSSR count). The molecule has 2 unspecified atom stereocenters. The minimum absolute atomic E-state index is 0.176. The van der Waals surface area contributed by atoms with Gasteiger partial charge in [0.05, 0.1) is 6.20 Å². The van der Waals surface area contributed by atoms with Gasteiger partial charge in [0, 0.05) is 48.3 Å². The maximum absolute atomic E-state index is 16.2. The van der Waals surface area contributed by atoms with E-state index in [0.29, 0.717) is 31.8 Å². The van der Waals surface area contributed by atoms with Crippen molar-refractivity contribution in [3.05, 3.63) is 53.6 Å². The summed E-state index contributed by atoms with van der Waals surface area (Å²) in [5.74, 6) is -3.56. The van der Waals surface area contributed by atoms with Crippen molar-refractivity contribution in [3.8, 4) is 11.5 Å². The van der Waals surface area contributed by atoms with Gasteiger partial charge in [0.2, 0.25) is 11.8 Å². The topological polar surface area (TPSA) is 133 Å². The zero-order chi connectivity index (χ0) is 29.9. The first-order valence-corrected chi connectivity index (χ1v) is 14.5. The molecule has 10 nitrogen and oxygen atoms in total. The first-order chi connectivity index (χ1) is 19.3. The standard InChI is InChI=1S/C28H34F2N4O6S/c1-16-5-6-19(15-31-16)40-18-7-8-22(29)20(13-18)24(33-41(38)28(2,3)4)23(30)14-21-25(35)32-27(37)34(26(21)36)17-9-11-39-12-10-17/h5-8,13,15,17,21,23-24,33H,9-12,14H2,1-4H3,(H,32,35,37)/t21?,23-,24-,41?/m0/s1. The van der Waals surface area contributed by atoms with Gasteiger partial charge < -0.3 is 14.0 Å². The Balaban J connectivity index is 1.62. The Morgan fingerprint density at radius 2 is 1.88 bits per heavy atom. The molecule has 3 heterocycles. The fourth-order valence-electron chi connectivity index (χ4n) is 4.59. The number of nitrogens with zero attached hydrogens (tertiary/aromatic N) is 2. The van der Waals surface area contributed by atoms with Crippen LogP contribution in [0.4, 0.5) is 13.6 Å². The van der Waals surface area contributed by atoms with Crippen LogP contribution in [0.5, 0.6) is 11.5 Å². The Hall–Kier alpha value is -3.13. The number of benzene rings is 1. The second-order valence-corrected chi connectivity index (χ2v) is 13.0. The highest BCUT2D eigenvalue weighted by Crippen LogP contribution is 2.34. The van der Waals surface area contributed by atoms with Gasteiger partial charge in [0.15, 0.2) is 0 Å². The van der Waals surface area contributed by atoms with Crippen LogP contribution in [0.15, 0.2) is 36.5 Å². The monoisotopic (exact) mass is 592 g/mol. The van der Waals surface area contributed by atoms with Crippen LogP contribution in [0.25, 0.3) is 0 Å². The van der Waals surface area contributed by atoms with Crippen molar-refractivity contribution in [2.24, 2.45) is 5.92 Å². The summed E-state index contributed by atoms with van der Waals surface area (Å²) in [7, 11) is 0. The normalized spacial score (nSPS) is 20.9. The minimum Gasteiger partial charge on any atom is -0.598 e. The third kappa shape index (κ3) is 7.39. The number of urea groups is 1. The molecule has 2 aliphatic heterocycles. The summed E-state index contributed by atoms with van der Waals surface area (Å²) < 4.78 is 57.4. The molecule has 41 heavy (non-hydrogen) atoms. The van der Waals surface area contributed by atoms with Crippen molar-refractivity contribution in [2.75, 3.05) is 13.2 Å². The summed E-state index contributed by atoms with van der Waals surface area (Å²) in [6.07, 6.45) is -0.468. The molecule has 222 valence electrons. The number of imide groups is 2. The molecule has 0 radical (unpaired) electrons. The van der Waals surface area contributed by atoms with Crippen molar-refractivity contribution in [3.63, 3.8) is 0 Å². The number of carbonyl (C=O) groups is 3. The number of nitrogens with one attached hydrogen (secondary N) is 2. The highest BCUT2D eigenvalue weighted by Gasteiger charge is 2.46. The number of barbiturate groups is 1. The van der Waals surface area contributed by atoms with Crippen LogP contribution >= 0.6 is 0 Å². The fraction of sp³-hybridized carbons (Fsp3) is 0.500. The lowest BCUT2D eigenvalue weighted by Crippen LogP contribution is -2.62. The lowest BCUT2D eigenvalue weighted by atomic mass is 9.91. The van der Waals surface area contributed by atoms with Gasteiger partial charge in [-0.3, -0.25) is 24.8 Å². The average Bonchev–Trinajstić information content (AvgIpc) is 2.92. The Bertz CT molecular complexity index is 1270. The molecular formula is C28H34F2N4O6S. The first kappa shape index (κ1) is 30.8. The number of pyridine rings is 1. The number of alkyl halides is 1. The Morgan fingerprint density at radius 1 is 1.20 bits per heavy atom. The summed E-state index contributed by atoms with van der Waals surface area (Å²) in [4.78, 5) is 43.7. The number of halogens is 2. The maximum atomic E-state index is 16.2. The molecule has 2 aliphatic rings. The predicted octanol–water partition coefficient (Wildman–Crippen LogP) is 4.02. The van der Waals surface area contributed by atoms with E-state index in [1.807, 2.05) is 6.92 Å². The molecule has 0 aliphatic carbocycles. The van der Waals surface area contributed by atoms with E-state index in [1.54, 1.807) is 32.9 Å². The van der Waals surface area contributed by atoms with Crippen LogP contribution in [0, 0.1) is 18.7 Å². The van der Waals surface area contributed by atoms with Crippen molar-refractivity contribution >= 4 is 29.2 Å². The van der Waals surface area contributed by atoms with Crippen LogP contribution in [0.2, 0.25) is 0 Å². The van der Waals surface area contributed by atoms with E-state index in [2.05, 4.69) is 15.0 Å². The summed E-state index contributed by atoms with van der Waals surface area (Å²) in [6.45, 7) is 7.48. The van der Waals surface area contributed by atoms with Gasteiger partial charge in [-0.25, -0.2) is 13.6 Å². The number of hydrogen-bond donors (Lipinski definition) is 2. The lowest BCUT2D eigenvalue weighted by Gasteiger charge is -2.38. The van der Waals surface area contributed by atoms with E-state index in [9.17, 15) is 18.9 Å². The zero-order valence-electron chi connectivity index (χ0n) is 23.3. The molecule has 4 atom stereocenters. The minimum atomic E-state index is -2.06.